The number of halogens is 1. The first kappa shape index (κ1) is 23.9. The largest absolute Gasteiger partial charge is 0.469 e. The quantitative estimate of drug-likeness (QED) is 0.486. The topological polar surface area (TPSA) is 83.9 Å². The first-order valence-electron chi connectivity index (χ1n) is 10.2. The van der Waals surface area contributed by atoms with E-state index in [1.807, 2.05) is 6.92 Å². The summed E-state index contributed by atoms with van der Waals surface area (Å²) in [7, 11) is -0.369. The van der Waals surface area contributed by atoms with E-state index in [4.69, 9.17) is 9.29 Å². The highest BCUT2D eigenvalue weighted by molar-refractivity contribution is 9.10. The summed E-state index contributed by atoms with van der Waals surface area (Å²) >= 11 is 3.47. The van der Waals surface area contributed by atoms with Gasteiger partial charge in [-0.25, -0.2) is 0 Å². The zero-order valence-corrected chi connectivity index (χ0v) is 20.3. The van der Waals surface area contributed by atoms with E-state index in [1.165, 1.54) is 31.2 Å². The van der Waals surface area contributed by atoms with Crippen molar-refractivity contribution in [3.8, 4) is 0 Å². The average molecular weight is 510 g/mol. The predicted molar refractivity (Wildman–Crippen MR) is 123 cm³/mol. The van der Waals surface area contributed by atoms with E-state index >= 15 is 0 Å². The Morgan fingerprint density at radius 1 is 1.10 bits per heavy atom. The van der Waals surface area contributed by atoms with E-state index < -0.39 is 10.1 Å². The van der Waals surface area contributed by atoms with E-state index in [-0.39, 0.29) is 22.7 Å². The molecule has 4 rings (SSSR count). The highest BCUT2D eigenvalue weighted by atomic mass is 79.9. The minimum absolute atomic E-state index is 0.0371. The zero-order chi connectivity index (χ0) is 22.8. The van der Waals surface area contributed by atoms with Crippen LogP contribution in [0.4, 0.5) is 0 Å². The number of piperidine rings is 1. The van der Waals surface area contributed by atoms with Gasteiger partial charge in [-0.1, -0.05) is 45.8 Å². The van der Waals surface area contributed by atoms with Gasteiger partial charge >= 0.3 is 5.97 Å². The molecule has 0 saturated carbocycles. The number of hydrogen-bond acceptors (Lipinski definition) is 5. The van der Waals surface area contributed by atoms with E-state index in [0.717, 1.165) is 22.9 Å². The molecule has 8 heteroatoms. The summed E-state index contributed by atoms with van der Waals surface area (Å²) in [6.45, 7) is 1.84. The summed E-state index contributed by atoms with van der Waals surface area (Å²) in [4.78, 5) is 14.6. The number of aryl methyl sites for hydroxylation is 1. The summed E-state index contributed by atoms with van der Waals surface area (Å²) in [6.07, 6.45) is 3.35. The molecular weight excluding hydrogens is 482 g/mol. The smallest absolute Gasteiger partial charge is 0.310 e. The van der Waals surface area contributed by atoms with Crippen LogP contribution in [0.25, 0.3) is 0 Å². The number of ether oxygens (including phenoxy) is 1. The Balaban J connectivity index is 0.000000210. The van der Waals surface area contributed by atoms with E-state index in [1.54, 1.807) is 12.1 Å². The van der Waals surface area contributed by atoms with Gasteiger partial charge in [0.15, 0.2) is 0 Å². The molecule has 31 heavy (non-hydrogen) atoms. The molecule has 2 fully saturated rings. The van der Waals surface area contributed by atoms with Gasteiger partial charge in [0.05, 0.1) is 17.9 Å². The molecule has 2 aliphatic heterocycles. The van der Waals surface area contributed by atoms with Crippen LogP contribution in [-0.2, 0) is 19.6 Å². The van der Waals surface area contributed by atoms with Crippen LogP contribution in [0.2, 0.25) is 0 Å². The molecule has 6 nitrogen and oxygen atoms in total. The molecule has 0 amide bonds. The number of carbonyl (C=O) groups excluding carboxylic acids is 1. The maximum absolute atomic E-state index is 12.3. The number of rotatable bonds is 3. The number of esters is 1. The molecule has 2 saturated heterocycles. The first-order valence-corrected chi connectivity index (χ1v) is 12.4. The van der Waals surface area contributed by atoms with Gasteiger partial charge in [0, 0.05) is 22.5 Å². The van der Waals surface area contributed by atoms with Crippen molar-refractivity contribution in [2.45, 2.75) is 49.1 Å². The van der Waals surface area contributed by atoms with Crippen LogP contribution in [-0.4, -0.2) is 50.1 Å². The number of fused-ring (bicyclic) bond motifs is 2. The second-order valence-corrected chi connectivity index (χ2v) is 10.5. The van der Waals surface area contributed by atoms with Crippen LogP contribution in [0, 0.1) is 12.8 Å². The molecule has 0 aromatic heterocycles. The fraction of sp³-hybridized carbons (Fsp3) is 0.435. The molecule has 0 aliphatic carbocycles. The third kappa shape index (κ3) is 5.55. The van der Waals surface area contributed by atoms with Crippen molar-refractivity contribution in [1.82, 2.24) is 4.90 Å². The molecular formula is C23H28BrNO5S. The van der Waals surface area contributed by atoms with Gasteiger partial charge in [-0.15, -0.1) is 0 Å². The van der Waals surface area contributed by atoms with Crippen LogP contribution >= 0.6 is 15.9 Å². The van der Waals surface area contributed by atoms with Crippen LogP contribution in [0.3, 0.4) is 0 Å². The highest BCUT2D eigenvalue weighted by Crippen LogP contribution is 2.46. The molecule has 1 N–H and O–H groups in total. The lowest BCUT2D eigenvalue weighted by Crippen LogP contribution is -2.49. The van der Waals surface area contributed by atoms with Gasteiger partial charge in [-0.2, -0.15) is 8.42 Å². The molecule has 0 unspecified atom stereocenters. The number of methoxy groups -OCH3 is 1. The monoisotopic (exact) mass is 509 g/mol. The van der Waals surface area contributed by atoms with E-state index in [0.29, 0.717) is 12.1 Å². The Morgan fingerprint density at radius 2 is 1.71 bits per heavy atom. The molecule has 168 valence electrons. The summed E-state index contributed by atoms with van der Waals surface area (Å²) in [5.41, 5.74) is 2.21. The Morgan fingerprint density at radius 3 is 2.26 bits per heavy atom. The van der Waals surface area contributed by atoms with Crippen molar-refractivity contribution < 1.29 is 22.5 Å². The maximum Gasteiger partial charge on any atom is 0.310 e. The van der Waals surface area contributed by atoms with Crippen molar-refractivity contribution in [3.63, 3.8) is 0 Å². The Kier molecular flexibility index (Phi) is 7.57. The Bertz CT molecular complexity index is 1010. The molecule has 2 aromatic carbocycles. The second-order valence-electron chi connectivity index (χ2n) is 8.19. The van der Waals surface area contributed by atoms with Gasteiger partial charge in [0.1, 0.15) is 0 Å². The van der Waals surface area contributed by atoms with Crippen LogP contribution in [0.15, 0.2) is 57.9 Å². The van der Waals surface area contributed by atoms with Gasteiger partial charge < -0.3 is 4.74 Å². The lowest BCUT2D eigenvalue weighted by Gasteiger charge is -2.41. The number of hydrogen-bond donors (Lipinski definition) is 1. The molecule has 2 heterocycles. The van der Waals surface area contributed by atoms with Gasteiger partial charge in [0.25, 0.3) is 10.1 Å². The molecule has 2 aliphatic rings. The fourth-order valence-corrected chi connectivity index (χ4v) is 5.43. The van der Waals surface area contributed by atoms with Crippen LogP contribution in [0.5, 0.6) is 0 Å². The van der Waals surface area contributed by atoms with Crippen LogP contribution in [0.1, 0.15) is 36.3 Å². The number of carbonyl (C=O) groups is 1. The third-order valence-corrected chi connectivity index (χ3v) is 7.76. The molecule has 4 atom stereocenters. The summed E-state index contributed by atoms with van der Waals surface area (Å²) in [5, 5.41) is 0. The summed E-state index contributed by atoms with van der Waals surface area (Å²) < 4.78 is 35.7. The average Bonchev–Trinajstić information content (AvgIpc) is 2.96. The van der Waals surface area contributed by atoms with Crippen molar-refractivity contribution in [2.24, 2.45) is 5.92 Å². The summed E-state index contributed by atoms with van der Waals surface area (Å²) in [5.74, 6) is 0.185. The van der Waals surface area contributed by atoms with Gasteiger partial charge in [0.2, 0.25) is 0 Å². The van der Waals surface area contributed by atoms with Crippen molar-refractivity contribution in [1.29, 1.82) is 0 Å². The van der Waals surface area contributed by atoms with E-state index in [9.17, 15) is 13.2 Å². The third-order valence-electron chi connectivity index (χ3n) is 6.36. The lowest BCUT2D eigenvalue weighted by atomic mass is 9.76. The lowest BCUT2D eigenvalue weighted by molar-refractivity contribution is -0.150. The second kappa shape index (κ2) is 9.81. The zero-order valence-electron chi connectivity index (χ0n) is 17.9. The molecule has 0 radical (unpaired) electrons. The Labute approximate surface area is 192 Å². The van der Waals surface area contributed by atoms with Crippen molar-refractivity contribution in [3.05, 3.63) is 64.1 Å². The van der Waals surface area contributed by atoms with Gasteiger partial charge in [-0.05, 0) is 63.1 Å². The molecule has 2 bridgehead atoms. The minimum atomic E-state index is -4.02. The standard InChI is InChI=1S/C16H20BrNO2.C7H8O3S/c1-18-12-7-8-14(18)15(16(19)20-2)13(9-12)10-3-5-11(17)6-4-10;1-6-2-4-7(5-3-6)11(8,9)10/h3-6,12-15H,7-9H2,1-2H3;2-5H,1H3,(H,8,9,10)/t12-,13-,14+,15-;/m0./s1. The Hall–Kier alpha value is -1.74. The SMILES string of the molecule is COC(=O)[C@@H]1[C@H]2CC[C@@H](C[C@H]1c1ccc(Br)cc1)N2C.Cc1ccc(S(=O)(=O)O)cc1. The molecule has 2 aromatic rings. The van der Waals surface area contributed by atoms with Crippen molar-refractivity contribution in [2.75, 3.05) is 14.2 Å². The number of benzene rings is 2. The maximum atomic E-state index is 12.3. The highest BCUT2D eigenvalue weighted by Gasteiger charge is 2.49. The van der Waals surface area contributed by atoms with Crippen molar-refractivity contribution >= 4 is 32.0 Å². The van der Waals surface area contributed by atoms with E-state index in [2.05, 4.69) is 52.1 Å². The van der Waals surface area contributed by atoms with Gasteiger partial charge in [-0.3, -0.25) is 14.2 Å². The predicted octanol–water partition coefficient (Wildman–Crippen LogP) is 4.43. The number of nitrogens with zero attached hydrogens (tertiary/aromatic N) is 1. The minimum Gasteiger partial charge on any atom is -0.469 e. The van der Waals surface area contributed by atoms with Crippen LogP contribution < -0.4 is 0 Å². The normalized spacial score (nSPS) is 25.5. The molecule has 0 spiro atoms. The fourth-order valence-electron chi connectivity index (χ4n) is 4.69. The first-order chi connectivity index (χ1) is 14.6. The summed E-state index contributed by atoms with van der Waals surface area (Å²) in [6, 6.07) is 15.3.